The van der Waals surface area contributed by atoms with E-state index in [4.69, 9.17) is 11.6 Å². The van der Waals surface area contributed by atoms with Crippen LogP contribution in [0.25, 0.3) is 11.3 Å². The molecule has 3 rings (SSSR count). The molecule has 0 fully saturated rings. The van der Waals surface area contributed by atoms with Crippen molar-refractivity contribution in [3.05, 3.63) is 59.6 Å². The van der Waals surface area contributed by atoms with Crippen molar-refractivity contribution in [3.8, 4) is 11.3 Å². The number of pyridine rings is 1. The molecule has 0 amide bonds. The molecule has 3 aromatic rings. The van der Waals surface area contributed by atoms with Gasteiger partial charge in [-0.2, -0.15) is 4.98 Å². The summed E-state index contributed by atoms with van der Waals surface area (Å²) in [4.78, 5) is 12.9. The van der Waals surface area contributed by atoms with E-state index in [1.807, 2.05) is 19.1 Å². The van der Waals surface area contributed by atoms with Crippen molar-refractivity contribution in [1.82, 2.24) is 15.0 Å². The fourth-order valence-electron chi connectivity index (χ4n) is 2.15. The second kappa shape index (κ2) is 7.23. The third kappa shape index (κ3) is 3.78. The van der Waals surface area contributed by atoms with E-state index in [1.165, 1.54) is 12.1 Å². The molecule has 0 saturated heterocycles. The van der Waals surface area contributed by atoms with E-state index in [0.717, 1.165) is 11.3 Å². The van der Waals surface area contributed by atoms with Crippen LogP contribution in [0.4, 0.5) is 21.8 Å². The lowest BCUT2D eigenvalue weighted by atomic mass is 10.2. The van der Waals surface area contributed by atoms with Crippen molar-refractivity contribution in [2.24, 2.45) is 0 Å². The SMILES string of the molecule is CCNc1nc(Nc2ccc(F)cc2Cl)cc(-c2ccncc2)n1. The molecule has 1 aromatic carbocycles. The number of nitrogens with one attached hydrogen (secondary N) is 2. The van der Waals surface area contributed by atoms with Crippen LogP contribution in [0.3, 0.4) is 0 Å². The maximum Gasteiger partial charge on any atom is 0.225 e. The molecule has 24 heavy (non-hydrogen) atoms. The van der Waals surface area contributed by atoms with Crippen LogP contribution in [-0.4, -0.2) is 21.5 Å². The van der Waals surface area contributed by atoms with Gasteiger partial charge in [0.05, 0.1) is 16.4 Å². The van der Waals surface area contributed by atoms with Crippen LogP contribution < -0.4 is 10.6 Å². The van der Waals surface area contributed by atoms with Gasteiger partial charge in [-0.1, -0.05) is 11.6 Å². The summed E-state index contributed by atoms with van der Waals surface area (Å²) in [5, 5.41) is 6.48. The molecule has 7 heteroatoms. The Morgan fingerprint density at radius 2 is 1.88 bits per heavy atom. The Hall–Kier alpha value is -2.73. The Morgan fingerprint density at radius 1 is 1.08 bits per heavy atom. The molecular weight excluding hydrogens is 329 g/mol. The summed E-state index contributed by atoms with van der Waals surface area (Å²) < 4.78 is 13.2. The zero-order valence-corrected chi connectivity index (χ0v) is 13.7. The monoisotopic (exact) mass is 343 g/mol. The molecule has 0 aliphatic carbocycles. The Morgan fingerprint density at radius 3 is 2.58 bits per heavy atom. The number of rotatable bonds is 5. The van der Waals surface area contributed by atoms with E-state index < -0.39 is 0 Å². The number of halogens is 2. The minimum absolute atomic E-state index is 0.282. The quantitative estimate of drug-likeness (QED) is 0.713. The summed E-state index contributed by atoms with van der Waals surface area (Å²) in [6, 6.07) is 9.69. The van der Waals surface area contributed by atoms with E-state index in [9.17, 15) is 4.39 Å². The number of benzene rings is 1. The molecule has 2 heterocycles. The van der Waals surface area contributed by atoms with E-state index in [0.29, 0.717) is 24.0 Å². The Kier molecular flexibility index (Phi) is 4.86. The fourth-order valence-corrected chi connectivity index (χ4v) is 2.36. The van der Waals surface area contributed by atoms with Crippen molar-refractivity contribution in [1.29, 1.82) is 0 Å². The lowest BCUT2D eigenvalue weighted by Crippen LogP contribution is -2.05. The minimum Gasteiger partial charge on any atom is -0.354 e. The molecule has 0 aliphatic rings. The standard InChI is InChI=1S/C17H15ClFN5/c1-2-21-17-23-15(11-5-7-20-8-6-11)10-16(24-17)22-14-4-3-12(19)9-13(14)18/h3-10H,2H2,1H3,(H2,21,22,23,24). The summed E-state index contributed by atoms with van der Waals surface area (Å²) in [7, 11) is 0. The van der Waals surface area contributed by atoms with Crippen LogP contribution in [0.1, 0.15) is 6.92 Å². The summed E-state index contributed by atoms with van der Waals surface area (Å²) in [6.07, 6.45) is 3.41. The van der Waals surface area contributed by atoms with Gasteiger partial charge in [0.25, 0.3) is 0 Å². The van der Waals surface area contributed by atoms with E-state index in [1.54, 1.807) is 24.5 Å². The molecule has 0 saturated carbocycles. The maximum absolute atomic E-state index is 13.2. The number of nitrogens with zero attached hydrogens (tertiary/aromatic N) is 3. The fraction of sp³-hybridized carbons (Fsp3) is 0.118. The van der Waals surface area contributed by atoms with Crippen LogP contribution in [0.2, 0.25) is 5.02 Å². The molecule has 122 valence electrons. The summed E-state index contributed by atoms with van der Waals surface area (Å²) in [6.45, 7) is 2.66. The first kappa shape index (κ1) is 16.1. The molecule has 0 unspecified atom stereocenters. The van der Waals surface area contributed by atoms with Crippen LogP contribution >= 0.6 is 11.6 Å². The van der Waals surface area contributed by atoms with Crippen LogP contribution in [0.5, 0.6) is 0 Å². The third-order valence-electron chi connectivity index (χ3n) is 3.23. The first-order valence-corrected chi connectivity index (χ1v) is 7.79. The van der Waals surface area contributed by atoms with Crippen LogP contribution in [0.15, 0.2) is 48.8 Å². The minimum atomic E-state index is -0.390. The predicted molar refractivity (Wildman–Crippen MR) is 94.1 cm³/mol. The first-order chi connectivity index (χ1) is 11.7. The summed E-state index contributed by atoms with van der Waals surface area (Å²) >= 11 is 6.07. The van der Waals surface area contributed by atoms with Crippen molar-refractivity contribution in [2.45, 2.75) is 6.92 Å². The zero-order valence-electron chi connectivity index (χ0n) is 12.9. The van der Waals surface area contributed by atoms with Gasteiger partial charge < -0.3 is 10.6 Å². The maximum atomic E-state index is 13.2. The molecule has 5 nitrogen and oxygen atoms in total. The molecular formula is C17H15ClFN5. The molecule has 0 radical (unpaired) electrons. The normalized spacial score (nSPS) is 10.5. The van der Waals surface area contributed by atoms with Gasteiger partial charge in [0.1, 0.15) is 11.6 Å². The van der Waals surface area contributed by atoms with Crippen molar-refractivity contribution in [2.75, 3.05) is 17.2 Å². The summed E-state index contributed by atoms with van der Waals surface area (Å²) in [5.41, 5.74) is 2.23. The highest BCUT2D eigenvalue weighted by Crippen LogP contribution is 2.27. The topological polar surface area (TPSA) is 62.7 Å². The first-order valence-electron chi connectivity index (χ1n) is 7.41. The van der Waals surface area contributed by atoms with Gasteiger partial charge in [0, 0.05) is 30.6 Å². The average molecular weight is 344 g/mol. The molecule has 0 bridgehead atoms. The van der Waals surface area contributed by atoms with Crippen molar-refractivity contribution >= 4 is 29.1 Å². The van der Waals surface area contributed by atoms with E-state index in [2.05, 4.69) is 25.6 Å². The average Bonchev–Trinajstić information content (AvgIpc) is 2.58. The highest BCUT2D eigenvalue weighted by Gasteiger charge is 2.09. The zero-order chi connectivity index (χ0) is 16.9. The highest BCUT2D eigenvalue weighted by atomic mass is 35.5. The highest BCUT2D eigenvalue weighted by molar-refractivity contribution is 6.33. The van der Waals surface area contributed by atoms with Gasteiger partial charge in [-0.3, -0.25) is 4.98 Å². The number of anilines is 3. The van der Waals surface area contributed by atoms with Gasteiger partial charge in [-0.05, 0) is 37.3 Å². The second-order valence-corrected chi connectivity index (χ2v) is 5.38. The van der Waals surface area contributed by atoms with Crippen molar-refractivity contribution < 1.29 is 4.39 Å². The smallest absolute Gasteiger partial charge is 0.225 e. The molecule has 0 aliphatic heterocycles. The molecule has 0 spiro atoms. The van der Waals surface area contributed by atoms with Crippen LogP contribution in [0, 0.1) is 5.82 Å². The molecule has 0 atom stereocenters. The van der Waals surface area contributed by atoms with Crippen LogP contribution in [-0.2, 0) is 0 Å². The lowest BCUT2D eigenvalue weighted by molar-refractivity contribution is 0.628. The number of hydrogen-bond acceptors (Lipinski definition) is 5. The Bertz CT molecular complexity index is 842. The lowest BCUT2D eigenvalue weighted by Gasteiger charge is -2.11. The van der Waals surface area contributed by atoms with Gasteiger partial charge >= 0.3 is 0 Å². The molecule has 2 aromatic heterocycles. The van der Waals surface area contributed by atoms with Gasteiger partial charge in [-0.15, -0.1) is 0 Å². The second-order valence-electron chi connectivity index (χ2n) is 4.98. The largest absolute Gasteiger partial charge is 0.354 e. The van der Waals surface area contributed by atoms with Crippen molar-refractivity contribution in [3.63, 3.8) is 0 Å². The predicted octanol–water partition coefficient (Wildman–Crippen LogP) is 4.51. The van der Waals surface area contributed by atoms with Gasteiger partial charge in [-0.25, -0.2) is 9.37 Å². The van der Waals surface area contributed by atoms with Gasteiger partial charge in [0.2, 0.25) is 5.95 Å². The van der Waals surface area contributed by atoms with E-state index >= 15 is 0 Å². The Labute approximate surface area is 144 Å². The van der Waals surface area contributed by atoms with E-state index in [-0.39, 0.29) is 10.8 Å². The third-order valence-corrected chi connectivity index (χ3v) is 3.54. The molecule has 2 N–H and O–H groups in total. The number of aromatic nitrogens is 3. The Balaban J connectivity index is 1.99. The number of hydrogen-bond donors (Lipinski definition) is 2. The summed E-state index contributed by atoms with van der Waals surface area (Å²) in [5.74, 6) is 0.660. The van der Waals surface area contributed by atoms with Gasteiger partial charge in [0.15, 0.2) is 0 Å².